The van der Waals surface area contributed by atoms with E-state index in [-0.39, 0.29) is 0 Å². The minimum absolute atomic E-state index is 0.691. The van der Waals surface area contributed by atoms with E-state index in [9.17, 15) is 0 Å². The molecule has 0 heterocycles. The van der Waals surface area contributed by atoms with Gasteiger partial charge in [0.2, 0.25) is 0 Å². The van der Waals surface area contributed by atoms with Gasteiger partial charge >= 0.3 is 0 Å². The van der Waals surface area contributed by atoms with Crippen LogP contribution in [0.4, 0.5) is 0 Å². The van der Waals surface area contributed by atoms with Crippen LogP contribution in [-0.4, -0.2) is 34.5 Å². The van der Waals surface area contributed by atoms with Crippen molar-refractivity contribution in [3.63, 3.8) is 0 Å². The van der Waals surface area contributed by atoms with E-state index in [0.717, 1.165) is 61.4 Å². The Balaban J connectivity index is 2.29. The van der Waals surface area contributed by atoms with Crippen molar-refractivity contribution in [2.75, 3.05) is 34.5 Å². The van der Waals surface area contributed by atoms with Gasteiger partial charge in [-0.1, -0.05) is 40.0 Å². The Morgan fingerprint density at radius 2 is 1.38 bits per heavy atom. The average molecular weight is 367 g/mol. The summed E-state index contributed by atoms with van der Waals surface area (Å²) in [5, 5.41) is 0. The lowest BCUT2D eigenvalue weighted by Crippen LogP contribution is -2.05. The van der Waals surface area contributed by atoms with Crippen molar-refractivity contribution in [2.24, 2.45) is 11.8 Å². The summed E-state index contributed by atoms with van der Waals surface area (Å²) in [4.78, 5) is 0. The van der Waals surface area contributed by atoms with Gasteiger partial charge in [-0.05, 0) is 42.7 Å². The summed E-state index contributed by atoms with van der Waals surface area (Å²) >= 11 is 0. The zero-order valence-electron chi connectivity index (χ0n) is 17.6. The van der Waals surface area contributed by atoms with Crippen LogP contribution in [-0.2, 0) is 11.2 Å². The molecule has 1 atom stereocenters. The normalized spacial score (nSPS) is 12.3. The lowest BCUT2D eigenvalue weighted by atomic mass is 9.98. The first-order chi connectivity index (χ1) is 12.5. The number of rotatable bonds is 14. The summed E-state index contributed by atoms with van der Waals surface area (Å²) in [7, 11) is 4.97. The van der Waals surface area contributed by atoms with E-state index < -0.39 is 0 Å². The fourth-order valence-corrected chi connectivity index (χ4v) is 3.06. The maximum Gasteiger partial charge on any atom is 0.164 e. The van der Waals surface area contributed by atoms with Crippen LogP contribution in [0.3, 0.4) is 0 Å². The molecule has 4 heteroatoms. The SMILES string of the molecule is COc1cc(OC)c(OC)cc1CCCOCCC(C)CCCC(C)C. The molecule has 0 aromatic heterocycles. The van der Waals surface area contributed by atoms with E-state index in [1.54, 1.807) is 21.3 Å². The van der Waals surface area contributed by atoms with Crippen LogP contribution in [0.15, 0.2) is 12.1 Å². The predicted molar refractivity (Wildman–Crippen MR) is 108 cm³/mol. The second-order valence-corrected chi connectivity index (χ2v) is 7.45. The first-order valence-electron chi connectivity index (χ1n) is 9.88. The van der Waals surface area contributed by atoms with E-state index in [2.05, 4.69) is 20.8 Å². The fraction of sp³-hybridized carbons (Fsp3) is 0.727. The Labute approximate surface area is 160 Å². The van der Waals surface area contributed by atoms with Crippen molar-refractivity contribution < 1.29 is 18.9 Å². The number of methoxy groups -OCH3 is 3. The Hall–Kier alpha value is -1.42. The number of aryl methyl sites for hydroxylation is 1. The Bertz CT molecular complexity index is 499. The van der Waals surface area contributed by atoms with Crippen molar-refractivity contribution in [3.8, 4) is 17.2 Å². The summed E-state index contributed by atoms with van der Waals surface area (Å²) in [6.07, 6.45) is 6.99. The van der Waals surface area contributed by atoms with Crippen LogP contribution in [0.25, 0.3) is 0 Å². The van der Waals surface area contributed by atoms with Crippen molar-refractivity contribution in [1.29, 1.82) is 0 Å². The van der Waals surface area contributed by atoms with Gasteiger partial charge < -0.3 is 18.9 Å². The van der Waals surface area contributed by atoms with Gasteiger partial charge in [0.1, 0.15) is 5.75 Å². The third kappa shape index (κ3) is 8.31. The quantitative estimate of drug-likeness (QED) is 0.407. The maximum absolute atomic E-state index is 5.83. The largest absolute Gasteiger partial charge is 0.496 e. The van der Waals surface area contributed by atoms with Crippen molar-refractivity contribution >= 4 is 0 Å². The van der Waals surface area contributed by atoms with Gasteiger partial charge in [-0.2, -0.15) is 0 Å². The summed E-state index contributed by atoms with van der Waals surface area (Å²) in [6, 6.07) is 3.88. The molecule has 0 spiro atoms. The Morgan fingerprint density at radius 1 is 0.731 bits per heavy atom. The molecule has 0 N–H and O–H groups in total. The first-order valence-corrected chi connectivity index (χ1v) is 9.88. The zero-order valence-corrected chi connectivity index (χ0v) is 17.6. The number of hydrogen-bond acceptors (Lipinski definition) is 4. The van der Waals surface area contributed by atoms with E-state index in [0.29, 0.717) is 5.75 Å². The van der Waals surface area contributed by atoms with Crippen molar-refractivity contribution in [3.05, 3.63) is 17.7 Å². The molecule has 4 nitrogen and oxygen atoms in total. The standard InChI is InChI=1S/C22H38O4/c1-17(2)9-7-10-18(3)12-14-26-13-8-11-19-15-21(24-5)22(25-6)16-20(19)23-4/h15-18H,7-14H2,1-6H3. The second kappa shape index (κ2) is 12.9. The molecule has 1 aromatic carbocycles. The predicted octanol–water partition coefficient (Wildman–Crippen LogP) is 5.51. The molecule has 0 aliphatic rings. The highest BCUT2D eigenvalue weighted by Crippen LogP contribution is 2.35. The second-order valence-electron chi connectivity index (χ2n) is 7.45. The molecule has 150 valence electrons. The molecule has 0 bridgehead atoms. The molecule has 0 fully saturated rings. The molecule has 1 rings (SSSR count). The highest BCUT2D eigenvalue weighted by atomic mass is 16.5. The molecule has 0 radical (unpaired) electrons. The van der Waals surface area contributed by atoms with Gasteiger partial charge in [-0.3, -0.25) is 0 Å². The van der Waals surface area contributed by atoms with Gasteiger partial charge in [0.15, 0.2) is 11.5 Å². The number of hydrogen-bond donors (Lipinski definition) is 0. The van der Waals surface area contributed by atoms with Gasteiger partial charge in [0, 0.05) is 19.3 Å². The summed E-state index contributed by atoms with van der Waals surface area (Å²) in [6.45, 7) is 8.54. The van der Waals surface area contributed by atoms with E-state index >= 15 is 0 Å². The molecule has 0 saturated heterocycles. The fourth-order valence-electron chi connectivity index (χ4n) is 3.06. The van der Waals surface area contributed by atoms with Crippen LogP contribution in [0.1, 0.15) is 58.4 Å². The van der Waals surface area contributed by atoms with E-state index in [4.69, 9.17) is 18.9 Å². The van der Waals surface area contributed by atoms with E-state index in [1.165, 1.54) is 19.3 Å². The zero-order chi connectivity index (χ0) is 19.4. The van der Waals surface area contributed by atoms with Crippen LogP contribution < -0.4 is 14.2 Å². The average Bonchev–Trinajstić information content (AvgIpc) is 2.63. The lowest BCUT2D eigenvalue weighted by Gasteiger charge is -2.14. The third-order valence-corrected chi connectivity index (χ3v) is 4.75. The third-order valence-electron chi connectivity index (χ3n) is 4.75. The molecular formula is C22H38O4. The van der Waals surface area contributed by atoms with Gasteiger partial charge in [0.05, 0.1) is 21.3 Å². The summed E-state index contributed by atoms with van der Waals surface area (Å²) < 4.78 is 22.0. The van der Waals surface area contributed by atoms with Gasteiger partial charge in [0.25, 0.3) is 0 Å². The van der Waals surface area contributed by atoms with Crippen LogP contribution in [0, 0.1) is 11.8 Å². The van der Waals surface area contributed by atoms with E-state index in [1.807, 2.05) is 12.1 Å². The van der Waals surface area contributed by atoms with Crippen LogP contribution in [0.5, 0.6) is 17.2 Å². The van der Waals surface area contributed by atoms with Gasteiger partial charge in [-0.25, -0.2) is 0 Å². The Kier molecular flexibility index (Phi) is 11.2. The lowest BCUT2D eigenvalue weighted by molar-refractivity contribution is 0.118. The molecular weight excluding hydrogens is 328 g/mol. The molecule has 0 saturated carbocycles. The smallest absolute Gasteiger partial charge is 0.164 e. The minimum Gasteiger partial charge on any atom is -0.496 e. The monoisotopic (exact) mass is 366 g/mol. The highest BCUT2D eigenvalue weighted by Gasteiger charge is 2.11. The summed E-state index contributed by atoms with van der Waals surface area (Å²) in [5.74, 6) is 3.82. The molecule has 0 amide bonds. The Morgan fingerprint density at radius 3 is 2.00 bits per heavy atom. The molecule has 0 aliphatic heterocycles. The summed E-state index contributed by atoms with van der Waals surface area (Å²) in [5.41, 5.74) is 1.12. The molecule has 1 unspecified atom stereocenters. The molecule has 26 heavy (non-hydrogen) atoms. The maximum atomic E-state index is 5.83. The number of benzene rings is 1. The highest BCUT2D eigenvalue weighted by molar-refractivity contribution is 5.50. The van der Waals surface area contributed by atoms with Crippen molar-refractivity contribution in [1.82, 2.24) is 0 Å². The van der Waals surface area contributed by atoms with Crippen LogP contribution in [0.2, 0.25) is 0 Å². The topological polar surface area (TPSA) is 36.9 Å². The first kappa shape index (κ1) is 22.6. The minimum atomic E-state index is 0.691. The van der Waals surface area contributed by atoms with Gasteiger partial charge in [-0.15, -0.1) is 0 Å². The molecule has 0 aliphatic carbocycles. The molecule has 1 aromatic rings. The number of ether oxygens (including phenoxy) is 4. The van der Waals surface area contributed by atoms with Crippen LogP contribution >= 0.6 is 0 Å². The van der Waals surface area contributed by atoms with Crippen molar-refractivity contribution in [2.45, 2.75) is 59.3 Å².